The Morgan fingerprint density at radius 1 is 1.25 bits per heavy atom. The van der Waals surface area contributed by atoms with Gasteiger partial charge in [0, 0.05) is 50.5 Å². The molecule has 0 aliphatic carbocycles. The molecule has 0 unspecified atom stereocenters. The van der Waals surface area contributed by atoms with Crippen molar-refractivity contribution in [1.82, 2.24) is 24.7 Å². The van der Waals surface area contributed by atoms with Crippen LogP contribution in [0.4, 0.5) is 11.4 Å². The van der Waals surface area contributed by atoms with Crippen molar-refractivity contribution in [3.05, 3.63) is 47.0 Å². The van der Waals surface area contributed by atoms with Gasteiger partial charge in [0.1, 0.15) is 16.9 Å². The zero-order chi connectivity index (χ0) is 24.9. The normalized spacial score (nSPS) is 14.5. The first-order valence-electron chi connectivity index (χ1n) is 12.0. The van der Waals surface area contributed by atoms with E-state index in [9.17, 15) is 4.79 Å². The number of morpholine rings is 1. The van der Waals surface area contributed by atoms with Gasteiger partial charge in [-0.05, 0) is 37.9 Å². The summed E-state index contributed by atoms with van der Waals surface area (Å²) in [5.41, 5.74) is 4.92. The van der Waals surface area contributed by atoms with Gasteiger partial charge in [0.15, 0.2) is 0 Å². The highest BCUT2D eigenvalue weighted by atomic mass is 16.5. The van der Waals surface area contributed by atoms with Gasteiger partial charge < -0.3 is 24.9 Å². The van der Waals surface area contributed by atoms with Gasteiger partial charge in [0.2, 0.25) is 0 Å². The van der Waals surface area contributed by atoms with Crippen molar-refractivity contribution in [2.24, 2.45) is 9.98 Å². The Kier molecular flexibility index (Phi) is 6.89. The number of anilines is 2. The number of H-pyrrole nitrogens is 2. The molecule has 1 aliphatic rings. The SMILES string of the molecule is C=N/C=C\C=NCCNc1c(-c2nc3ccc(N4CCOCC4)cc3[nH]2)c(=O)[nH]c2cn(CC)nc12. The molecule has 4 aromatic rings. The molecule has 1 aliphatic heterocycles. The van der Waals surface area contributed by atoms with Gasteiger partial charge in [-0.1, -0.05) is 0 Å². The zero-order valence-electron chi connectivity index (χ0n) is 20.2. The number of fused-ring (bicyclic) bond motifs is 2. The van der Waals surface area contributed by atoms with E-state index < -0.39 is 0 Å². The number of benzene rings is 1. The fraction of sp³-hybridized carbons (Fsp3) is 0.320. The summed E-state index contributed by atoms with van der Waals surface area (Å²) in [5, 5.41) is 8.06. The molecule has 3 aromatic heterocycles. The van der Waals surface area contributed by atoms with E-state index in [1.165, 1.54) is 0 Å². The van der Waals surface area contributed by atoms with E-state index in [4.69, 9.17) is 9.72 Å². The summed E-state index contributed by atoms with van der Waals surface area (Å²) in [6.45, 7) is 10.2. The average molecular weight is 488 g/mol. The maximum absolute atomic E-state index is 13.3. The predicted molar refractivity (Wildman–Crippen MR) is 145 cm³/mol. The Morgan fingerprint density at radius 2 is 2.11 bits per heavy atom. The van der Waals surface area contributed by atoms with E-state index in [0.717, 1.165) is 29.8 Å². The molecule has 5 rings (SSSR count). The van der Waals surface area contributed by atoms with Gasteiger partial charge in [-0.25, -0.2) is 4.98 Å². The summed E-state index contributed by atoms with van der Waals surface area (Å²) in [6.07, 6.45) is 6.79. The standard InChI is InChI=1S/C25H29N9O2/c1-3-34-16-20-22(32-34)23(28-10-9-27-8-4-7-26-2)21(25(35)31-20)24-29-18-6-5-17(15-19(18)30-24)33-11-13-36-14-12-33/h4-8,15-16,28H,2-3,9-14H2,1H3,(H,29,30)(H,31,35)/b7-4-,27-8?. The van der Waals surface area contributed by atoms with Crippen LogP contribution in [0.25, 0.3) is 33.5 Å². The number of rotatable bonds is 9. The molecule has 3 N–H and O–H groups in total. The van der Waals surface area contributed by atoms with Gasteiger partial charge in [-0.2, -0.15) is 5.10 Å². The second-order valence-corrected chi connectivity index (χ2v) is 8.34. The van der Waals surface area contributed by atoms with Crippen molar-refractivity contribution < 1.29 is 4.74 Å². The number of pyridine rings is 1. The molecule has 1 aromatic carbocycles. The number of nitrogens with one attached hydrogen (secondary N) is 3. The van der Waals surface area contributed by atoms with Crippen LogP contribution in [0.1, 0.15) is 6.92 Å². The molecule has 186 valence electrons. The Morgan fingerprint density at radius 3 is 2.92 bits per heavy atom. The molecular weight excluding hydrogens is 458 g/mol. The molecule has 36 heavy (non-hydrogen) atoms. The van der Waals surface area contributed by atoms with Crippen LogP contribution in [-0.2, 0) is 11.3 Å². The number of imidazole rings is 1. The maximum Gasteiger partial charge on any atom is 0.261 e. The van der Waals surface area contributed by atoms with Gasteiger partial charge in [0.05, 0.1) is 42.0 Å². The molecule has 0 spiro atoms. The quantitative estimate of drug-likeness (QED) is 0.246. The Hall–Kier alpha value is -4.25. The third kappa shape index (κ3) is 4.78. The van der Waals surface area contributed by atoms with Gasteiger partial charge in [-0.15, -0.1) is 0 Å². The summed E-state index contributed by atoms with van der Waals surface area (Å²) in [7, 11) is 0. The fourth-order valence-corrected chi connectivity index (χ4v) is 4.29. The first-order valence-corrected chi connectivity index (χ1v) is 12.0. The zero-order valence-corrected chi connectivity index (χ0v) is 20.2. The van der Waals surface area contributed by atoms with E-state index >= 15 is 0 Å². The summed E-state index contributed by atoms with van der Waals surface area (Å²) in [4.78, 5) is 34.6. The lowest BCUT2D eigenvalue weighted by Crippen LogP contribution is -2.36. The summed E-state index contributed by atoms with van der Waals surface area (Å²) in [6, 6.07) is 6.11. The number of hydrogen-bond acceptors (Lipinski definition) is 8. The number of aliphatic imine (C=N–C) groups is 2. The van der Waals surface area contributed by atoms with Crippen LogP contribution in [0, 0.1) is 0 Å². The van der Waals surface area contributed by atoms with Crippen LogP contribution < -0.4 is 15.8 Å². The molecule has 0 radical (unpaired) electrons. The maximum atomic E-state index is 13.3. The third-order valence-electron chi connectivity index (χ3n) is 6.05. The van der Waals surface area contributed by atoms with Crippen molar-refractivity contribution in [2.45, 2.75) is 13.5 Å². The molecule has 4 heterocycles. The van der Waals surface area contributed by atoms with Crippen molar-refractivity contribution in [1.29, 1.82) is 0 Å². The van der Waals surface area contributed by atoms with E-state index in [1.807, 2.05) is 19.2 Å². The molecule has 0 bridgehead atoms. The van der Waals surface area contributed by atoms with Crippen LogP contribution in [0.3, 0.4) is 0 Å². The molecule has 1 saturated heterocycles. The third-order valence-corrected chi connectivity index (χ3v) is 6.05. The monoisotopic (exact) mass is 487 g/mol. The molecule has 0 amide bonds. The van der Waals surface area contributed by atoms with Crippen LogP contribution in [0.5, 0.6) is 0 Å². The smallest absolute Gasteiger partial charge is 0.261 e. The lowest BCUT2D eigenvalue weighted by atomic mass is 10.2. The number of hydrogen-bond donors (Lipinski definition) is 3. The van der Waals surface area contributed by atoms with Crippen molar-refractivity contribution in [3.8, 4) is 11.4 Å². The average Bonchev–Trinajstić information content (AvgIpc) is 3.51. The molecule has 11 heteroatoms. The first-order chi connectivity index (χ1) is 17.7. The summed E-state index contributed by atoms with van der Waals surface area (Å²) < 4.78 is 7.27. The van der Waals surface area contributed by atoms with E-state index in [-0.39, 0.29) is 5.56 Å². The largest absolute Gasteiger partial charge is 0.381 e. The first kappa shape index (κ1) is 23.5. The minimum Gasteiger partial charge on any atom is -0.381 e. The Balaban J connectivity index is 1.52. The topological polar surface area (TPSA) is 129 Å². The van der Waals surface area contributed by atoms with Crippen molar-refractivity contribution >= 4 is 46.4 Å². The summed E-state index contributed by atoms with van der Waals surface area (Å²) in [5.74, 6) is 0.490. The lowest BCUT2D eigenvalue weighted by molar-refractivity contribution is 0.122. The van der Waals surface area contributed by atoms with Crippen molar-refractivity contribution in [3.63, 3.8) is 0 Å². The molecule has 11 nitrogen and oxygen atoms in total. The van der Waals surface area contributed by atoms with Crippen LogP contribution >= 0.6 is 0 Å². The van der Waals surface area contributed by atoms with E-state index in [2.05, 4.69) is 54.1 Å². The number of nitrogens with zero attached hydrogens (tertiary/aromatic N) is 6. The minimum absolute atomic E-state index is 0.239. The van der Waals surface area contributed by atoms with E-state index in [0.29, 0.717) is 61.0 Å². The van der Waals surface area contributed by atoms with E-state index in [1.54, 1.807) is 23.2 Å². The molecule has 0 atom stereocenters. The molecular formula is C25H29N9O2. The number of aromatic amines is 2. The Labute approximate surface area is 207 Å². The molecule has 1 fully saturated rings. The van der Waals surface area contributed by atoms with Gasteiger partial charge in [0.25, 0.3) is 5.56 Å². The highest BCUT2D eigenvalue weighted by Gasteiger charge is 2.20. The second kappa shape index (κ2) is 10.6. The number of ether oxygens (including phenoxy) is 1. The van der Waals surface area contributed by atoms with Crippen molar-refractivity contribution in [2.75, 3.05) is 49.6 Å². The molecule has 0 saturated carbocycles. The highest BCUT2D eigenvalue weighted by molar-refractivity contribution is 5.96. The van der Waals surface area contributed by atoms with Crippen LogP contribution in [0.2, 0.25) is 0 Å². The van der Waals surface area contributed by atoms with Crippen LogP contribution in [-0.4, -0.2) is 77.1 Å². The fourth-order valence-electron chi connectivity index (χ4n) is 4.29. The number of aromatic nitrogens is 5. The van der Waals surface area contributed by atoms with Crippen LogP contribution in [0.15, 0.2) is 51.5 Å². The lowest BCUT2D eigenvalue weighted by Gasteiger charge is -2.28. The number of allylic oxidation sites excluding steroid dienone is 1. The van der Waals surface area contributed by atoms with Gasteiger partial charge >= 0.3 is 0 Å². The highest BCUT2D eigenvalue weighted by Crippen LogP contribution is 2.31. The Bertz CT molecular complexity index is 1490. The second-order valence-electron chi connectivity index (χ2n) is 8.34. The number of aryl methyl sites for hydroxylation is 1. The minimum atomic E-state index is -0.239. The summed E-state index contributed by atoms with van der Waals surface area (Å²) >= 11 is 0. The predicted octanol–water partition coefficient (Wildman–Crippen LogP) is 2.82. The van der Waals surface area contributed by atoms with Gasteiger partial charge in [-0.3, -0.25) is 19.5 Å².